The van der Waals surface area contributed by atoms with E-state index >= 15 is 0 Å². The quantitative estimate of drug-likeness (QED) is 0.798. The molecule has 1 amide bonds. The highest BCUT2D eigenvalue weighted by molar-refractivity contribution is 5.94. The van der Waals surface area contributed by atoms with E-state index in [4.69, 9.17) is 4.74 Å². The summed E-state index contributed by atoms with van der Waals surface area (Å²) in [6.45, 7) is 1.80. The molecule has 4 nitrogen and oxygen atoms in total. The van der Waals surface area contributed by atoms with Gasteiger partial charge in [0.15, 0.2) is 17.5 Å². The van der Waals surface area contributed by atoms with Crippen LogP contribution in [-0.2, 0) is 0 Å². The number of carbonyl (C=O) groups is 1. The van der Waals surface area contributed by atoms with Gasteiger partial charge >= 0.3 is 0 Å². The second-order valence-corrected chi connectivity index (χ2v) is 5.70. The van der Waals surface area contributed by atoms with Crippen LogP contribution < -0.4 is 9.64 Å². The number of methoxy groups -OCH3 is 1. The zero-order valence-corrected chi connectivity index (χ0v) is 13.6. The summed E-state index contributed by atoms with van der Waals surface area (Å²) in [5.74, 6) is -4.28. The first-order chi connectivity index (χ1) is 12.0. The Bertz CT molecular complexity index is 790. The Hall–Kier alpha value is -2.70. The number of hydrogen-bond donors (Lipinski definition) is 0. The van der Waals surface area contributed by atoms with Crippen LogP contribution in [0.3, 0.4) is 0 Å². The standard InChI is InChI=1S/C18H17F3N2O2/c1-25-13-4-2-3-12(11-13)22-7-9-23(10-8-22)18(24)14-5-6-15(19)17(21)16(14)20/h2-6,11H,7-10H2,1H3. The van der Waals surface area contributed by atoms with Crippen molar-refractivity contribution in [2.75, 3.05) is 38.2 Å². The molecule has 7 heteroatoms. The summed E-state index contributed by atoms with van der Waals surface area (Å²) in [7, 11) is 1.59. The fraction of sp³-hybridized carbons (Fsp3) is 0.278. The van der Waals surface area contributed by atoms with E-state index in [0.29, 0.717) is 26.2 Å². The van der Waals surface area contributed by atoms with Crippen LogP contribution in [0.1, 0.15) is 10.4 Å². The maximum Gasteiger partial charge on any atom is 0.257 e. The third-order valence-electron chi connectivity index (χ3n) is 4.25. The van der Waals surface area contributed by atoms with Crippen LogP contribution in [0.25, 0.3) is 0 Å². The van der Waals surface area contributed by atoms with Crippen molar-refractivity contribution in [2.24, 2.45) is 0 Å². The zero-order chi connectivity index (χ0) is 18.0. The second kappa shape index (κ2) is 7.04. The molecule has 0 spiro atoms. The van der Waals surface area contributed by atoms with Gasteiger partial charge in [0.05, 0.1) is 12.7 Å². The van der Waals surface area contributed by atoms with Crippen LogP contribution in [0.15, 0.2) is 36.4 Å². The van der Waals surface area contributed by atoms with E-state index in [1.54, 1.807) is 7.11 Å². The number of piperazine rings is 1. The van der Waals surface area contributed by atoms with Gasteiger partial charge in [-0.2, -0.15) is 0 Å². The van der Waals surface area contributed by atoms with Crippen LogP contribution in [0.4, 0.5) is 18.9 Å². The summed E-state index contributed by atoms with van der Waals surface area (Å²) in [5, 5.41) is 0. The molecule has 0 aromatic heterocycles. The molecule has 0 radical (unpaired) electrons. The molecule has 1 heterocycles. The van der Waals surface area contributed by atoms with E-state index in [-0.39, 0.29) is 0 Å². The van der Waals surface area contributed by atoms with Gasteiger partial charge in [-0.1, -0.05) is 6.07 Å². The molecular formula is C18H17F3N2O2. The maximum absolute atomic E-state index is 13.8. The van der Waals surface area contributed by atoms with Gasteiger partial charge in [-0.3, -0.25) is 4.79 Å². The van der Waals surface area contributed by atoms with Crippen molar-refractivity contribution >= 4 is 11.6 Å². The largest absolute Gasteiger partial charge is 0.497 e. The molecule has 3 rings (SSSR count). The van der Waals surface area contributed by atoms with Crippen molar-refractivity contribution in [1.29, 1.82) is 0 Å². The van der Waals surface area contributed by atoms with Crippen molar-refractivity contribution in [3.05, 3.63) is 59.4 Å². The highest BCUT2D eigenvalue weighted by atomic mass is 19.2. The van der Waals surface area contributed by atoms with Gasteiger partial charge in [0.2, 0.25) is 0 Å². The normalized spacial score (nSPS) is 14.6. The van der Waals surface area contributed by atoms with Crippen LogP contribution >= 0.6 is 0 Å². The van der Waals surface area contributed by atoms with Crippen molar-refractivity contribution < 1.29 is 22.7 Å². The Labute approximate surface area is 143 Å². The van der Waals surface area contributed by atoms with Gasteiger partial charge in [0.25, 0.3) is 5.91 Å². The summed E-state index contributed by atoms with van der Waals surface area (Å²) in [5.41, 5.74) is 0.513. The minimum Gasteiger partial charge on any atom is -0.497 e. The van der Waals surface area contributed by atoms with E-state index in [1.165, 1.54) is 4.90 Å². The monoisotopic (exact) mass is 350 g/mol. The van der Waals surface area contributed by atoms with Crippen molar-refractivity contribution in [1.82, 2.24) is 4.90 Å². The van der Waals surface area contributed by atoms with Crippen molar-refractivity contribution in [3.63, 3.8) is 0 Å². The molecule has 25 heavy (non-hydrogen) atoms. The van der Waals surface area contributed by atoms with Crippen LogP contribution in [-0.4, -0.2) is 44.1 Å². The van der Waals surface area contributed by atoms with E-state index < -0.39 is 28.9 Å². The molecule has 0 aliphatic carbocycles. The third-order valence-corrected chi connectivity index (χ3v) is 4.25. The minimum atomic E-state index is -1.62. The summed E-state index contributed by atoms with van der Waals surface area (Å²) in [6.07, 6.45) is 0. The Balaban J connectivity index is 1.70. The topological polar surface area (TPSA) is 32.8 Å². The predicted molar refractivity (Wildman–Crippen MR) is 87.4 cm³/mol. The van der Waals surface area contributed by atoms with Gasteiger partial charge in [-0.15, -0.1) is 0 Å². The summed E-state index contributed by atoms with van der Waals surface area (Å²) in [4.78, 5) is 15.9. The number of amides is 1. The summed E-state index contributed by atoms with van der Waals surface area (Å²) in [6, 6.07) is 9.29. The van der Waals surface area contributed by atoms with Crippen molar-refractivity contribution in [3.8, 4) is 5.75 Å². The first-order valence-electron chi connectivity index (χ1n) is 7.83. The van der Waals surface area contributed by atoms with Crippen molar-refractivity contribution in [2.45, 2.75) is 0 Å². The number of anilines is 1. The SMILES string of the molecule is COc1cccc(N2CCN(C(=O)c3ccc(F)c(F)c3F)CC2)c1. The Morgan fingerprint density at radius 2 is 1.72 bits per heavy atom. The number of benzene rings is 2. The Morgan fingerprint density at radius 3 is 2.40 bits per heavy atom. The lowest BCUT2D eigenvalue weighted by atomic mass is 10.1. The minimum absolute atomic E-state index is 0.356. The number of halogens is 3. The number of carbonyl (C=O) groups excluding carboxylic acids is 1. The average molecular weight is 350 g/mol. The fourth-order valence-corrected chi connectivity index (χ4v) is 2.84. The molecule has 0 atom stereocenters. The first-order valence-corrected chi connectivity index (χ1v) is 7.83. The van der Waals surface area contributed by atoms with Gasteiger partial charge in [-0.05, 0) is 24.3 Å². The molecule has 0 saturated carbocycles. The van der Waals surface area contributed by atoms with E-state index in [9.17, 15) is 18.0 Å². The molecule has 0 N–H and O–H groups in total. The summed E-state index contributed by atoms with van der Waals surface area (Å²) >= 11 is 0. The van der Waals surface area contributed by atoms with E-state index in [0.717, 1.165) is 23.6 Å². The van der Waals surface area contributed by atoms with Gasteiger partial charge < -0.3 is 14.5 Å². The number of nitrogens with zero attached hydrogens (tertiary/aromatic N) is 2. The zero-order valence-electron chi connectivity index (χ0n) is 13.6. The average Bonchev–Trinajstić information content (AvgIpc) is 2.66. The predicted octanol–water partition coefficient (Wildman–Crippen LogP) is 3.07. The lowest BCUT2D eigenvalue weighted by molar-refractivity contribution is 0.0740. The smallest absolute Gasteiger partial charge is 0.257 e. The van der Waals surface area contributed by atoms with Crippen LogP contribution in [0.2, 0.25) is 0 Å². The number of hydrogen-bond acceptors (Lipinski definition) is 3. The van der Waals surface area contributed by atoms with Gasteiger partial charge in [0.1, 0.15) is 5.75 Å². The van der Waals surface area contributed by atoms with Gasteiger partial charge in [0, 0.05) is 37.9 Å². The molecule has 132 valence electrons. The highest BCUT2D eigenvalue weighted by Crippen LogP contribution is 2.23. The Morgan fingerprint density at radius 1 is 1.00 bits per heavy atom. The lowest BCUT2D eigenvalue weighted by Crippen LogP contribution is -2.49. The third kappa shape index (κ3) is 3.40. The molecule has 2 aromatic rings. The van der Waals surface area contributed by atoms with Gasteiger partial charge in [-0.25, -0.2) is 13.2 Å². The molecule has 2 aromatic carbocycles. The fourth-order valence-electron chi connectivity index (χ4n) is 2.84. The highest BCUT2D eigenvalue weighted by Gasteiger charge is 2.26. The number of ether oxygens (including phenoxy) is 1. The number of rotatable bonds is 3. The molecule has 1 saturated heterocycles. The second-order valence-electron chi connectivity index (χ2n) is 5.70. The Kier molecular flexibility index (Phi) is 4.83. The first kappa shape index (κ1) is 17.1. The molecule has 1 fully saturated rings. The molecular weight excluding hydrogens is 333 g/mol. The van der Waals surface area contributed by atoms with Crippen LogP contribution in [0.5, 0.6) is 5.75 Å². The molecule has 1 aliphatic rings. The lowest BCUT2D eigenvalue weighted by Gasteiger charge is -2.36. The van der Waals surface area contributed by atoms with E-state index in [2.05, 4.69) is 4.90 Å². The molecule has 1 aliphatic heterocycles. The maximum atomic E-state index is 13.8. The molecule has 0 bridgehead atoms. The van der Waals surface area contributed by atoms with Crippen LogP contribution in [0, 0.1) is 17.5 Å². The molecule has 0 unspecified atom stereocenters. The summed E-state index contributed by atoms with van der Waals surface area (Å²) < 4.78 is 45.3. The van der Waals surface area contributed by atoms with E-state index in [1.807, 2.05) is 24.3 Å².